The molecule has 2 aromatic heterocycles. The molecule has 152 valence electrons. The van der Waals surface area contributed by atoms with Crippen molar-refractivity contribution in [3.8, 4) is 0 Å². The minimum atomic E-state index is -0.174. The smallest absolute Gasteiger partial charge is 0.331 e. The molecule has 0 spiro atoms. The molecular formula is C22H26N4O2S. The zero-order valence-corrected chi connectivity index (χ0v) is 17.5. The first-order valence-electron chi connectivity index (χ1n) is 10.1. The summed E-state index contributed by atoms with van der Waals surface area (Å²) in [6.45, 7) is 0.450. The van der Waals surface area contributed by atoms with Gasteiger partial charge in [-0.2, -0.15) is 0 Å². The molecule has 7 heteroatoms. The van der Waals surface area contributed by atoms with Crippen LogP contribution in [0.1, 0.15) is 43.7 Å². The van der Waals surface area contributed by atoms with Gasteiger partial charge in [0.15, 0.2) is 5.65 Å². The van der Waals surface area contributed by atoms with Crippen LogP contribution in [-0.2, 0) is 17.9 Å². The molecule has 0 bridgehead atoms. The zero-order chi connectivity index (χ0) is 20.2. The number of rotatable bonds is 6. The van der Waals surface area contributed by atoms with Gasteiger partial charge in [0.2, 0.25) is 5.91 Å². The van der Waals surface area contributed by atoms with E-state index in [1.54, 1.807) is 22.5 Å². The second-order valence-corrected chi connectivity index (χ2v) is 8.38. The Morgan fingerprint density at radius 1 is 1.17 bits per heavy atom. The predicted molar refractivity (Wildman–Crippen MR) is 116 cm³/mol. The second-order valence-electron chi connectivity index (χ2n) is 7.50. The molecule has 0 unspecified atom stereocenters. The van der Waals surface area contributed by atoms with E-state index in [1.807, 2.05) is 47.2 Å². The quantitative estimate of drug-likeness (QED) is 0.629. The van der Waals surface area contributed by atoms with Gasteiger partial charge in [0.05, 0.1) is 5.52 Å². The summed E-state index contributed by atoms with van der Waals surface area (Å²) in [7, 11) is 0. The van der Waals surface area contributed by atoms with E-state index in [4.69, 9.17) is 0 Å². The molecule has 4 rings (SSSR count). The topological polar surface area (TPSA) is 68.9 Å². The van der Waals surface area contributed by atoms with Crippen LogP contribution >= 0.6 is 11.8 Å². The van der Waals surface area contributed by atoms with Gasteiger partial charge in [-0.3, -0.25) is 13.9 Å². The van der Waals surface area contributed by atoms with Crippen LogP contribution in [0.2, 0.25) is 0 Å². The lowest BCUT2D eigenvalue weighted by Gasteiger charge is -2.22. The van der Waals surface area contributed by atoms with Gasteiger partial charge in [0, 0.05) is 23.7 Å². The average molecular weight is 411 g/mol. The average Bonchev–Trinajstić information content (AvgIpc) is 3.04. The van der Waals surface area contributed by atoms with E-state index in [1.165, 1.54) is 11.3 Å². The van der Waals surface area contributed by atoms with Crippen molar-refractivity contribution in [1.29, 1.82) is 0 Å². The molecule has 29 heavy (non-hydrogen) atoms. The Hall–Kier alpha value is -2.54. The van der Waals surface area contributed by atoms with Crippen LogP contribution < -0.4 is 11.0 Å². The van der Waals surface area contributed by atoms with Crippen molar-refractivity contribution in [2.24, 2.45) is 0 Å². The number of aromatic nitrogens is 3. The number of imidazole rings is 1. The highest BCUT2D eigenvalue weighted by Gasteiger charge is 2.23. The Balaban J connectivity index is 1.53. The van der Waals surface area contributed by atoms with Gasteiger partial charge >= 0.3 is 5.69 Å². The van der Waals surface area contributed by atoms with Crippen LogP contribution in [0.4, 0.5) is 0 Å². The zero-order valence-electron chi connectivity index (χ0n) is 16.6. The highest BCUT2D eigenvalue weighted by atomic mass is 32.2. The molecule has 1 amide bonds. The molecule has 6 nitrogen and oxygen atoms in total. The predicted octanol–water partition coefficient (Wildman–Crippen LogP) is 3.74. The van der Waals surface area contributed by atoms with Crippen LogP contribution in [0.5, 0.6) is 0 Å². The van der Waals surface area contributed by atoms with Crippen molar-refractivity contribution in [2.75, 3.05) is 6.26 Å². The summed E-state index contributed by atoms with van der Waals surface area (Å²) in [5.41, 5.74) is 2.31. The Morgan fingerprint density at radius 3 is 2.66 bits per heavy atom. The Kier molecular flexibility index (Phi) is 6.04. The third kappa shape index (κ3) is 4.24. The highest BCUT2D eigenvalue weighted by molar-refractivity contribution is 7.98. The lowest BCUT2D eigenvalue weighted by atomic mass is 9.95. The van der Waals surface area contributed by atoms with Gasteiger partial charge < -0.3 is 5.32 Å². The molecule has 1 N–H and O–H groups in total. The van der Waals surface area contributed by atoms with Crippen molar-refractivity contribution >= 4 is 28.8 Å². The summed E-state index contributed by atoms with van der Waals surface area (Å²) in [6, 6.07) is 12.0. The van der Waals surface area contributed by atoms with Crippen LogP contribution in [0, 0.1) is 0 Å². The SMILES string of the molecule is CSc1ccc(CNC(=O)Cn2c(=O)n(C3CCCCC3)c3ncccc32)cc1. The number of thioether (sulfide) groups is 1. The van der Waals surface area contributed by atoms with Gasteiger partial charge in [-0.05, 0) is 48.9 Å². The first-order chi connectivity index (χ1) is 14.2. The lowest BCUT2D eigenvalue weighted by molar-refractivity contribution is -0.121. The van der Waals surface area contributed by atoms with Crippen molar-refractivity contribution in [1.82, 2.24) is 19.4 Å². The molecule has 1 aliphatic carbocycles. The van der Waals surface area contributed by atoms with Crippen molar-refractivity contribution in [2.45, 2.75) is 56.1 Å². The van der Waals surface area contributed by atoms with Gasteiger partial charge in [0.1, 0.15) is 6.54 Å². The largest absolute Gasteiger partial charge is 0.350 e. The van der Waals surface area contributed by atoms with Gasteiger partial charge in [-0.25, -0.2) is 9.78 Å². The maximum absolute atomic E-state index is 13.2. The third-order valence-electron chi connectivity index (χ3n) is 5.61. The molecule has 1 saturated carbocycles. The van der Waals surface area contributed by atoms with Crippen LogP contribution in [0.15, 0.2) is 52.3 Å². The number of carbonyl (C=O) groups excluding carboxylic acids is 1. The fraction of sp³-hybridized carbons (Fsp3) is 0.409. The van der Waals surface area contributed by atoms with E-state index in [9.17, 15) is 9.59 Å². The summed E-state index contributed by atoms with van der Waals surface area (Å²) in [5, 5.41) is 2.93. The van der Waals surface area contributed by atoms with Crippen molar-refractivity contribution in [3.05, 3.63) is 58.6 Å². The van der Waals surface area contributed by atoms with E-state index in [0.717, 1.165) is 36.8 Å². The second kappa shape index (κ2) is 8.86. The summed E-state index contributed by atoms with van der Waals surface area (Å²) in [6.07, 6.45) is 9.22. The molecule has 1 aromatic carbocycles. The van der Waals surface area contributed by atoms with Crippen LogP contribution in [-0.4, -0.2) is 26.3 Å². The number of hydrogen-bond acceptors (Lipinski definition) is 4. The molecule has 0 radical (unpaired) electrons. The van der Waals surface area contributed by atoms with E-state index in [-0.39, 0.29) is 24.2 Å². The lowest BCUT2D eigenvalue weighted by Crippen LogP contribution is -2.34. The molecule has 0 aliphatic heterocycles. The minimum Gasteiger partial charge on any atom is -0.350 e. The maximum Gasteiger partial charge on any atom is 0.331 e. The van der Waals surface area contributed by atoms with Crippen molar-refractivity contribution in [3.63, 3.8) is 0 Å². The van der Waals surface area contributed by atoms with E-state index in [2.05, 4.69) is 10.3 Å². The number of carbonyl (C=O) groups is 1. The van der Waals surface area contributed by atoms with Gasteiger partial charge in [0.25, 0.3) is 0 Å². The van der Waals surface area contributed by atoms with Crippen LogP contribution in [0.3, 0.4) is 0 Å². The first-order valence-corrected chi connectivity index (χ1v) is 11.3. The molecule has 1 fully saturated rings. The molecule has 1 aliphatic rings. The fourth-order valence-electron chi connectivity index (χ4n) is 4.07. The normalized spacial score (nSPS) is 14.9. The van der Waals surface area contributed by atoms with Gasteiger partial charge in [-0.15, -0.1) is 11.8 Å². The number of nitrogens with zero attached hydrogens (tertiary/aromatic N) is 3. The summed E-state index contributed by atoms with van der Waals surface area (Å²) in [4.78, 5) is 31.4. The number of nitrogens with one attached hydrogen (secondary N) is 1. The molecular weight excluding hydrogens is 384 g/mol. The van der Waals surface area contributed by atoms with E-state index < -0.39 is 0 Å². The van der Waals surface area contributed by atoms with Crippen LogP contribution in [0.25, 0.3) is 11.2 Å². The van der Waals surface area contributed by atoms with E-state index in [0.29, 0.717) is 12.2 Å². The monoisotopic (exact) mass is 410 g/mol. The van der Waals surface area contributed by atoms with E-state index >= 15 is 0 Å². The number of benzene rings is 1. The number of hydrogen-bond donors (Lipinski definition) is 1. The fourth-order valence-corrected chi connectivity index (χ4v) is 4.48. The molecule has 2 heterocycles. The number of fused-ring (bicyclic) bond motifs is 1. The summed E-state index contributed by atoms with van der Waals surface area (Å²) >= 11 is 1.69. The Bertz CT molecular complexity index is 1050. The van der Waals surface area contributed by atoms with Crippen molar-refractivity contribution < 1.29 is 4.79 Å². The molecule has 0 saturated heterocycles. The highest BCUT2D eigenvalue weighted by Crippen LogP contribution is 2.29. The van der Waals surface area contributed by atoms with Gasteiger partial charge in [-0.1, -0.05) is 31.4 Å². The maximum atomic E-state index is 13.2. The first kappa shape index (κ1) is 19.8. The molecule has 3 aromatic rings. The molecule has 0 atom stereocenters. The summed E-state index contributed by atoms with van der Waals surface area (Å²) < 4.78 is 3.37. The standard InChI is InChI=1S/C22H26N4O2S/c1-29-18-11-9-16(10-12-18)14-24-20(27)15-25-19-8-5-13-23-21(19)26(22(25)28)17-6-3-2-4-7-17/h5,8-13,17H,2-4,6-7,14-15H2,1H3,(H,24,27). The summed E-state index contributed by atoms with van der Waals surface area (Å²) in [5.74, 6) is -0.174. The minimum absolute atomic E-state index is 0.00361. The third-order valence-corrected chi connectivity index (χ3v) is 6.36. The number of pyridine rings is 1. The Morgan fingerprint density at radius 2 is 1.93 bits per heavy atom. The number of amides is 1. The Labute approximate surface area is 174 Å².